The van der Waals surface area contributed by atoms with Gasteiger partial charge in [-0.3, -0.25) is 0 Å². The van der Waals surface area contributed by atoms with Crippen LogP contribution in [0.5, 0.6) is 11.5 Å². The molecule has 21 heavy (non-hydrogen) atoms. The Morgan fingerprint density at radius 2 is 1.90 bits per heavy atom. The second kappa shape index (κ2) is 6.98. The Hall–Kier alpha value is -1.49. The maximum Gasteiger partial charge on any atom is 0.161 e. The molecule has 0 spiro atoms. The smallest absolute Gasteiger partial charge is 0.161 e. The third kappa shape index (κ3) is 4.00. The van der Waals surface area contributed by atoms with E-state index in [-0.39, 0.29) is 0 Å². The molecule has 110 valence electrons. The average molecular weight is 342 g/mol. The minimum absolute atomic E-state index is 0.304. The highest BCUT2D eigenvalue weighted by molar-refractivity contribution is 7.80. The summed E-state index contributed by atoms with van der Waals surface area (Å²) >= 11 is 16.9. The quantitative estimate of drug-likeness (QED) is 0.827. The summed E-state index contributed by atoms with van der Waals surface area (Å²) < 4.78 is 11.0. The highest BCUT2D eigenvalue weighted by Crippen LogP contribution is 2.30. The topological polar surface area (TPSA) is 44.5 Å². The molecule has 0 bridgehead atoms. The van der Waals surface area contributed by atoms with Crippen LogP contribution < -0.4 is 15.2 Å². The molecule has 0 heterocycles. The fraction of sp³-hybridized carbons (Fsp3) is 0.133. The monoisotopic (exact) mass is 341 g/mol. The number of thiocarbonyl (C=S) groups is 1. The normalized spacial score (nSPS) is 10.2. The maximum atomic E-state index is 6.11. The Balaban J connectivity index is 2.17. The molecule has 0 aliphatic heterocycles. The number of hydrogen-bond donors (Lipinski definition) is 1. The second-order valence-electron chi connectivity index (χ2n) is 4.25. The first kappa shape index (κ1) is 15.9. The average Bonchev–Trinajstić information content (AvgIpc) is 2.46. The van der Waals surface area contributed by atoms with Gasteiger partial charge in [0.1, 0.15) is 11.6 Å². The van der Waals surface area contributed by atoms with Gasteiger partial charge in [-0.25, -0.2) is 0 Å². The summed E-state index contributed by atoms with van der Waals surface area (Å²) in [5.74, 6) is 1.15. The predicted molar refractivity (Wildman–Crippen MR) is 89.7 cm³/mol. The van der Waals surface area contributed by atoms with Crippen molar-refractivity contribution in [2.24, 2.45) is 5.73 Å². The van der Waals surface area contributed by atoms with Crippen molar-refractivity contribution in [3.8, 4) is 11.5 Å². The van der Waals surface area contributed by atoms with Crippen molar-refractivity contribution in [3.05, 3.63) is 57.6 Å². The molecular weight excluding hydrogens is 329 g/mol. The van der Waals surface area contributed by atoms with E-state index in [1.165, 1.54) is 0 Å². The van der Waals surface area contributed by atoms with Crippen LogP contribution in [0.4, 0.5) is 0 Å². The molecule has 6 heteroatoms. The van der Waals surface area contributed by atoms with E-state index in [4.69, 9.17) is 50.6 Å². The molecule has 0 aliphatic carbocycles. The number of methoxy groups -OCH3 is 1. The number of halogens is 2. The van der Waals surface area contributed by atoms with E-state index in [1.54, 1.807) is 37.4 Å². The molecule has 0 aromatic heterocycles. The van der Waals surface area contributed by atoms with Gasteiger partial charge in [-0.1, -0.05) is 41.5 Å². The van der Waals surface area contributed by atoms with Crippen LogP contribution in [0.1, 0.15) is 11.1 Å². The number of rotatable bonds is 5. The fourth-order valence-corrected chi connectivity index (χ4v) is 2.32. The Bertz CT molecular complexity index is 677. The molecule has 2 aromatic carbocycles. The van der Waals surface area contributed by atoms with Gasteiger partial charge in [0.15, 0.2) is 11.5 Å². The summed E-state index contributed by atoms with van der Waals surface area (Å²) in [7, 11) is 1.56. The van der Waals surface area contributed by atoms with Crippen molar-refractivity contribution in [1.82, 2.24) is 0 Å². The van der Waals surface area contributed by atoms with Crippen LogP contribution >= 0.6 is 35.4 Å². The highest BCUT2D eigenvalue weighted by atomic mass is 35.5. The molecule has 0 saturated heterocycles. The standard InChI is InChI=1S/C15H13Cl2NO2S/c1-19-14-6-9(15(18)21)3-5-13(14)20-8-10-2-4-11(16)7-12(10)17/h2-7H,8H2,1H3,(H2,18,21). The summed E-state index contributed by atoms with van der Waals surface area (Å²) in [4.78, 5) is 0.306. The van der Waals surface area contributed by atoms with Crippen LogP contribution in [0.15, 0.2) is 36.4 Å². The summed E-state index contributed by atoms with van der Waals surface area (Å²) in [6.45, 7) is 0.304. The van der Waals surface area contributed by atoms with Crippen molar-refractivity contribution >= 4 is 40.4 Å². The minimum atomic E-state index is 0.304. The molecule has 2 N–H and O–H groups in total. The Labute approximate surface area is 138 Å². The molecule has 2 aromatic rings. The molecule has 0 unspecified atom stereocenters. The van der Waals surface area contributed by atoms with Gasteiger partial charge in [0, 0.05) is 21.2 Å². The largest absolute Gasteiger partial charge is 0.493 e. The van der Waals surface area contributed by atoms with Crippen LogP contribution in [-0.4, -0.2) is 12.1 Å². The molecule has 2 rings (SSSR count). The number of benzene rings is 2. The summed E-state index contributed by atoms with van der Waals surface area (Å²) in [5, 5.41) is 1.14. The van der Waals surface area contributed by atoms with Crippen LogP contribution in [0, 0.1) is 0 Å². The van der Waals surface area contributed by atoms with Crippen molar-refractivity contribution < 1.29 is 9.47 Å². The van der Waals surface area contributed by atoms with Crippen molar-refractivity contribution in [2.75, 3.05) is 7.11 Å². The molecule has 0 aliphatic rings. The maximum absolute atomic E-state index is 6.11. The van der Waals surface area contributed by atoms with Gasteiger partial charge < -0.3 is 15.2 Å². The van der Waals surface area contributed by atoms with E-state index >= 15 is 0 Å². The fourth-order valence-electron chi connectivity index (χ4n) is 1.73. The third-order valence-corrected chi connectivity index (χ3v) is 3.67. The highest BCUT2D eigenvalue weighted by Gasteiger charge is 2.09. The zero-order chi connectivity index (χ0) is 15.4. The number of hydrogen-bond acceptors (Lipinski definition) is 3. The van der Waals surface area contributed by atoms with Crippen LogP contribution in [-0.2, 0) is 6.61 Å². The van der Waals surface area contributed by atoms with Crippen LogP contribution in [0.3, 0.4) is 0 Å². The van der Waals surface area contributed by atoms with Crippen molar-refractivity contribution in [2.45, 2.75) is 6.61 Å². The summed E-state index contributed by atoms with van der Waals surface area (Å²) in [5.41, 5.74) is 7.15. The van der Waals surface area contributed by atoms with Crippen LogP contribution in [0.25, 0.3) is 0 Å². The van der Waals surface area contributed by atoms with E-state index in [9.17, 15) is 0 Å². The predicted octanol–water partition coefficient (Wildman–Crippen LogP) is 4.22. The molecule has 0 amide bonds. The Morgan fingerprint density at radius 1 is 1.14 bits per heavy atom. The lowest BCUT2D eigenvalue weighted by Crippen LogP contribution is -2.09. The van der Waals surface area contributed by atoms with Gasteiger partial charge in [0.05, 0.1) is 7.11 Å². The molecular formula is C15H13Cl2NO2S. The first-order valence-corrected chi connectivity index (χ1v) is 7.22. The molecule has 0 saturated carbocycles. The zero-order valence-electron chi connectivity index (χ0n) is 11.2. The number of ether oxygens (including phenoxy) is 2. The lowest BCUT2D eigenvalue weighted by Gasteiger charge is -2.12. The molecule has 0 atom stereocenters. The van der Waals surface area contributed by atoms with Crippen molar-refractivity contribution in [1.29, 1.82) is 0 Å². The van der Waals surface area contributed by atoms with Crippen molar-refractivity contribution in [3.63, 3.8) is 0 Å². The molecule has 0 radical (unpaired) electrons. The lowest BCUT2D eigenvalue weighted by molar-refractivity contribution is 0.284. The van der Waals surface area contributed by atoms with Gasteiger partial charge in [-0.2, -0.15) is 0 Å². The van der Waals surface area contributed by atoms with Gasteiger partial charge in [-0.15, -0.1) is 0 Å². The van der Waals surface area contributed by atoms with E-state index < -0.39 is 0 Å². The van der Waals surface area contributed by atoms with E-state index in [0.717, 1.165) is 11.1 Å². The second-order valence-corrected chi connectivity index (χ2v) is 5.54. The summed E-state index contributed by atoms with van der Waals surface area (Å²) in [6.07, 6.45) is 0. The minimum Gasteiger partial charge on any atom is -0.493 e. The molecule has 3 nitrogen and oxygen atoms in total. The van der Waals surface area contributed by atoms with Gasteiger partial charge in [-0.05, 0) is 30.3 Å². The van der Waals surface area contributed by atoms with Gasteiger partial charge in [0.2, 0.25) is 0 Å². The Morgan fingerprint density at radius 3 is 2.52 bits per heavy atom. The Kier molecular flexibility index (Phi) is 5.28. The number of nitrogens with two attached hydrogens (primary N) is 1. The first-order chi connectivity index (χ1) is 10.0. The SMILES string of the molecule is COc1cc(C(N)=S)ccc1OCc1ccc(Cl)cc1Cl. The zero-order valence-corrected chi connectivity index (χ0v) is 13.6. The lowest BCUT2D eigenvalue weighted by atomic mass is 10.2. The summed E-state index contributed by atoms with van der Waals surface area (Å²) in [6, 6.07) is 10.5. The van der Waals surface area contributed by atoms with E-state index in [1.807, 2.05) is 6.07 Å². The third-order valence-electron chi connectivity index (χ3n) is 2.85. The van der Waals surface area contributed by atoms with E-state index in [2.05, 4.69) is 0 Å². The molecule has 0 fully saturated rings. The van der Waals surface area contributed by atoms with Gasteiger partial charge in [0.25, 0.3) is 0 Å². The first-order valence-electron chi connectivity index (χ1n) is 6.06. The van der Waals surface area contributed by atoms with Gasteiger partial charge >= 0.3 is 0 Å². The van der Waals surface area contributed by atoms with E-state index in [0.29, 0.717) is 33.1 Å². The van der Waals surface area contributed by atoms with Crippen LogP contribution in [0.2, 0.25) is 10.0 Å².